The highest BCUT2D eigenvalue weighted by Gasteiger charge is 2.10. The summed E-state index contributed by atoms with van der Waals surface area (Å²) in [6, 6.07) is 3.75. The van der Waals surface area contributed by atoms with Crippen molar-refractivity contribution in [3.8, 4) is 0 Å². The van der Waals surface area contributed by atoms with Gasteiger partial charge in [-0.2, -0.15) is 0 Å². The molecule has 3 aromatic rings. The van der Waals surface area contributed by atoms with E-state index in [1.54, 1.807) is 19.4 Å². The predicted octanol–water partition coefficient (Wildman–Crippen LogP) is -0.0643. The van der Waals surface area contributed by atoms with E-state index in [0.29, 0.717) is 23.4 Å². The van der Waals surface area contributed by atoms with Crippen LogP contribution in [-0.4, -0.2) is 24.5 Å². The zero-order valence-corrected chi connectivity index (χ0v) is 10.2. The molecule has 19 heavy (non-hydrogen) atoms. The van der Waals surface area contributed by atoms with Crippen molar-refractivity contribution < 1.29 is 0 Å². The molecule has 2 N–H and O–H groups in total. The summed E-state index contributed by atoms with van der Waals surface area (Å²) in [5.74, 6) is 0.620. The van der Waals surface area contributed by atoms with E-state index in [0.717, 1.165) is 5.56 Å². The second-order valence-corrected chi connectivity index (χ2v) is 4.24. The van der Waals surface area contributed by atoms with Crippen LogP contribution in [0.4, 0.5) is 0 Å². The average Bonchev–Trinajstić information content (AvgIpc) is 2.82. The number of pyridine rings is 1. The Morgan fingerprint density at radius 2 is 2.16 bits per heavy atom. The summed E-state index contributed by atoms with van der Waals surface area (Å²) in [5.41, 5.74) is 0.705. The minimum atomic E-state index is -0.475. The lowest BCUT2D eigenvalue weighted by molar-refractivity contribution is 0.830. The van der Waals surface area contributed by atoms with Crippen LogP contribution >= 0.6 is 0 Å². The quantitative estimate of drug-likeness (QED) is 0.672. The zero-order valence-electron chi connectivity index (χ0n) is 10.2. The number of hydrogen-bond donors (Lipinski definition) is 2. The van der Waals surface area contributed by atoms with Crippen LogP contribution in [0.3, 0.4) is 0 Å². The molecular weight excluding hydrogens is 246 g/mol. The molecule has 0 unspecified atom stereocenters. The van der Waals surface area contributed by atoms with Gasteiger partial charge in [-0.1, -0.05) is 6.07 Å². The molecule has 0 aromatic carbocycles. The Kier molecular flexibility index (Phi) is 2.52. The van der Waals surface area contributed by atoms with Gasteiger partial charge in [0.2, 0.25) is 0 Å². The first-order valence-electron chi connectivity index (χ1n) is 5.72. The zero-order chi connectivity index (χ0) is 13.4. The highest BCUT2D eigenvalue weighted by molar-refractivity contribution is 5.69. The highest BCUT2D eigenvalue weighted by Crippen LogP contribution is 2.08. The third-order valence-electron chi connectivity index (χ3n) is 2.90. The first kappa shape index (κ1) is 11.4. The number of rotatable bonds is 2. The summed E-state index contributed by atoms with van der Waals surface area (Å²) in [4.78, 5) is 36.6. The molecule has 0 atom stereocenters. The Morgan fingerprint density at radius 3 is 2.89 bits per heavy atom. The van der Waals surface area contributed by atoms with Crippen molar-refractivity contribution in [2.45, 2.75) is 6.42 Å². The number of hydrogen-bond acceptors (Lipinski definition) is 4. The molecule has 0 saturated heterocycles. The van der Waals surface area contributed by atoms with Crippen LogP contribution in [0.5, 0.6) is 0 Å². The minimum Gasteiger partial charge on any atom is -0.336 e. The maximum atomic E-state index is 11.7. The van der Waals surface area contributed by atoms with Crippen LogP contribution < -0.4 is 11.2 Å². The topological polar surface area (TPSA) is 96.4 Å². The van der Waals surface area contributed by atoms with Gasteiger partial charge in [0, 0.05) is 25.9 Å². The smallest absolute Gasteiger partial charge is 0.329 e. The van der Waals surface area contributed by atoms with Gasteiger partial charge in [-0.05, 0) is 11.6 Å². The number of aromatic nitrogens is 5. The van der Waals surface area contributed by atoms with E-state index < -0.39 is 11.2 Å². The summed E-state index contributed by atoms with van der Waals surface area (Å²) in [6.45, 7) is 0. The van der Waals surface area contributed by atoms with Crippen molar-refractivity contribution in [3.63, 3.8) is 0 Å². The Bertz CT molecular complexity index is 844. The van der Waals surface area contributed by atoms with E-state index in [-0.39, 0.29) is 0 Å². The van der Waals surface area contributed by atoms with E-state index in [2.05, 4.69) is 19.9 Å². The standard InChI is InChI=1S/C12H11N5O2/c1-17-10-9(11(18)16-12(17)19)14-8(15-10)5-7-3-2-4-13-6-7/h2-4,6H,5H2,1H3,(H,14,15)(H,16,18,19). The second kappa shape index (κ2) is 4.20. The minimum absolute atomic E-state index is 0.306. The van der Waals surface area contributed by atoms with Gasteiger partial charge in [-0.15, -0.1) is 0 Å². The van der Waals surface area contributed by atoms with Gasteiger partial charge in [0.25, 0.3) is 5.56 Å². The number of imidazole rings is 1. The lowest BCUT2D eigenvalue weighted by atomic mass is 10.2. The fraction of sp³-hybridized carbons (Fsp3) is 0.167. The third kappa shape index (κ3) is 1.95. The van der Waals surface area contributed by atoms with Gasteiger partial charge in [0.15, 0.2) is 5.65 Å². The van der Waals surface area contributed by atoms with Gasteiger partial charge < -0.3 is 4.98 Å². The molecule has 96 valence electrons. The molecule has 0 radical (unpaired) electrons. The van der Waals surface area contributed by atoms with E-state index in [1.807, 2.05) is 12.1 Å². The van der Waals surface area contributed by atoms with Gasteiger partial charge in [0.05, 0.1) is 0 Å². The SMILES string of the molecule is Cn1c(=O)[nH]c(=O)c2[nH]c(Cc3cccnc3)nc21. The van der Waals surface area contributed by atoms with Gasteiger partial charge in [-0.3, -0.25) is 19.3 Å². The molecule has 0 saturated carbocycles. The number of nitrogens with zero attached hydrogens (tertiary/aromatic N) is 3. The monoisotopic (exact) mass is 257 g/mol. The molecule has 3 rings (SSSR count). The Morgan fingerprint density at radius 1 is 1.32 bits per heavy atom. The van der Waals surface area contributed by atoms with Gasteiger partial charge >= 0.3 is 5.69 Å². The molecule has 3 aromatic heterocycles. The summed E-state index contributed by atoms with van der Waals surface area (Å²) in [6.07, 6.45) is 3.95. The van der Waals surface area contributed by atoms with E-state index in [4.69, 9.17) is 0 Å². The van der Waals surface area contributed by atoms with Gasteiger partial charge in [-0.25, -0.2) is 9.78 Å². The van der Waals surface area contributed by atoms with Crippen molar-refractivity contribution in [2.75, 3.05) is 0 Å². The Hall–Kier alpha value is -2.70. The number of fused-ring (bicyclic) bond motifs is 1. The summed E-state index contributed by atoms with van der Waals surface area (Å²) in [5, 5.41) is 0. The summed E-state index contributed by atoms with van der Waals surface area (Å²) >= 11 is 0. The molecule has 0 bridgehead atoms. The first-order chi connectivity index (χ1) is 9.15. The fourth-order valence-electron chi connectivity index (χ4n) is 1.93. The molecule has 0 aliphatic heterocycles. The van der Waals surface area contributed by atoms with Crippen molar-refractivity contribution >= 4 is 11.2 Å². The second-order valence-electron chi connectivity index (χ2n) is 4.24. The molecule has 7 heteroatoms. The van der Waals surface area contributed by atoms with Crippen molar-refractivity contribution in [1.29, 1.82) is 0 Å². The average molecular weight is 257 g/mol. The molecule has 0 amide bonds. The van der Waals surface area contributed by atoms with Crippen LogP contribution in [0.1, 0.15) is 11.4 Å². The summed E-state index contributed by atoms with van der Waals surface area (Å²) < 4.78 is 1.31. The maximum absolute atomic E-state index is 11.7. The lowest BCUT2D eigenvalue weighted by Crippen LogP contribution is -2.28. The highest BCUT2D eigenvalue weighted by atomic mass is 16.2. The third-order valence-corrected chi connectivity index (χ3v) is 2.90. The van der Waals surface area contributed by atoms with Crippen molar-refractivity contribution in [3.05, 3.63) is 56.8 Å². The van der Waals surface area contributed by atoms with E-state index >= 15 is 0 Å². The van der Waals surface area contributed by atoms with Gasteiger partial charge in [0.1, 0.15) is 11.3 Å². The van der Waals surface area contributed by atoms with Crippen molar-refractivity contribution in [2.24, 2.45) is 7.05 Å². The number of nitrogens with one attached hydrogen (secondary N) is 2. The fourth-order valence-corrected chi connectivity index (χ4v) is 1.93. The molecular formula is C12H11N5O2. The maximum Gasteiger partial charge on any atom is 0.329 e. The van der Waals surface area contributed by atoms with E-state index in [9.17, 15) is 9.59 Å². The van der Waals surface area contributed by atoms with Crippen LogP contribution in [-0.2, 0) is 13.5 Å². The van der Waals surface area contributed by atoms with Crippen LogP contribution in [0.15, 0.2) is 34.1 Å². The molecule has 3 heterocycles. The number of aromatic amines is 2. The molecule has 0 aliphatic rings. The molecule has 7 nitrogen and oxygen atoms in total. The van der Waals surface area contributed by atoms with Crippen molar-refractivity contribution in [1.82, 2.24) is 24.5 Å². The van der Waals surface area contributed by atoms with E-state index in [1.165, 1.54) is 4.57 Å². The van der Waals surface area contributed by atoms with Crippen LogP contribution in [0.2, 0.25) is 0 Å². The Balaban J connectivity index is 2.13. The van der Waals surface area contributed by atoms with Crippen LogP contribution in [0, 0.1) is 0 Å². The summed E-state index contributed by atoms with van der Waals surface area (Å²) in [7, 11) is 1.56. The molecule has 0 aliphatic carbocycles. The Labute approximate surface area is 107 Å². The normalized spacial score (nSPS) is 11.0. The predicted molar refractivity (Wildman–Crippen MR) is 69.0 cm³/mol. The van der Waals surface area contributed by atoms with Crippen LogP contribution in [0.25, 0.3) is 11.2 Å². The largest absolute Gasteiger partial charge is 0.336 e. The molecule has 0 fully saturated rings. The molecule has 0 spiro atoms. The number of aryl methyl sites for hydroxylation is 1. The lowest BCUT2D eigenvalue weighted by Gasteiger charge is -1.95. The first-order valence-corrected chi connectivity index (χ1v) is 5.72. The number of H-pyrrole nitrogens is 2.